The molecule has 0 saturated heterocycles. The normalized spacial score (nSPS) is 10.2. The molecule has 0 aliphatic rings. The SMILES string of the molecule is C=CC(=O)OCCOCCOCCOc1ccc(C(=O)Oc2ccc(C(=O)O)cc2)cc1. The number of carboxylic acids is 1. The van der Waals surface area contributed by atoms with E-state index in [9.17, 15) is 14.4 Å². The summed E-state index contributed by atoms with van der Waals surface area (Å²) in [7, 11) is 0. The highest BCUT2D eigenvalue weighted by Gasteiger charge is 2.10. The molecule has 0 radical (unpaired) electrons. The van der Waals surface area contributed by atoms with Crippen LogP contribution in [0.15, 0.2) is 61.2 Å². The van der Waals surface area contributed by atoms with Crippen LogP contribution in [-0.4, -0.2) is 62.7 Å². The van der Waals surface area contributed by atoms with E-state index in [4.69, 9.17) is 28.8 Å². The monoisotopic (exact) mass is 444 g/mol. The molecule has 0 atom stereocenters. The fourth-order valence-corrected chi connectivity index (χ4v) is 2.32. The van der Waals surface area contributed by atoms with Gasteiger partial charge >= 0.3 is 17.9 Å². The Morgan fingerprint density at radius 3 is 1.88 bits per heavy atom. The summed E-state index contributed by atoms with van der Waals surface area (Å²) < 4.78 is 26.1. The van der Waals surface area contributed by atoms with E-state index in [2.05, 4.69) is 6.58 Å². The molecule has 2 aromatic rings. The predicted molar refractivity (Wildman–Crippen MR) is 113 cm³/mol. The topological polar surface area (TPSA) is 118 Å². The summed E-state index contributed by atoms with van der Waals surface area (Å²) in [6.07, 6.45) is 1.09. The van der Waals surface area contributed by atoms with E-state index in [0.717, 1.165) is 6.08 Å². The predicted octanol–water partition coefficient (Wildman–Crippen LogP) is 2.75. The molecular formula is C23H24O9. The zero-order chi connectivity index (χ0) is 23.2. The molecule has 0 aliphatic carbocycles. The van der Waals surface area contributed by atoms with Crippen molar-refractivity contribution in [1.29, 1.82) is 0 Å². The Balaban J connectivity index is 1.60. The molecule has 0 unspecified atom stereocenters. The third-order valence-corrected chi connectivity index (χ3v) is 3.91. The van der Waals surface area contributed by atoms with Crippen LogP contribution >= 0.6 is 0 Å². The zero-order valence-electron chi connectivity index (χ0n) is 17.4. The Kier molecular flexibility index (Phi) is 10.4. The Bertz CT molecular complexity index is 889. The molecule has 9 nitrogen and oxygen atoms in total. The van der Waals surface area contributed by atoms with Gasteiger partial charge in [0.05, 0.1) is 37.6 Å². The molecule has 0 saturated carbocycles. The van der Waals surface area contributed by atoms with Crippen molar-refractivity contribution in [2.45, 2.75) is 0 Å². The van der Waals surface area contributed by atoms with E-state index in [0.29, 0.717) is 37.7 Å². The van der Waals surface area contributed by atoms with Crippen molar-refractivity contribution in [1.82, 2.24) is 0 Å². The summed E-state index contributed by atoms with van der Waals surface area (Å²) in [5.41, 5.74) is 0.432. The molecule has 0 aromatic heterocycles. The molecule has 170 valence electrons. The Morgan fingerprint density at radius 1 is 0.750 bits per heavy atom. The molecule has 9 heteroatoms. The summed E-state index contributed by atoms with van der Waals surface area (Å²) in [6.45, 7) is 5.13. The lowest BCUT2D eigenvalue weighted by Gasteiger charge is -2.09. The van der Waals surface area contributed by atoms with Crippen LogP contribution in [0.3, 0.4) is 0 Å². The second-order valence-corrected chi connectivity index (χ2v) is 6.19. The number of hydrogen-bond donors (Lipinski definition) is 1. The summed E-state index contributed by atoms with van der Waals surface area (Å²) in [5, 5.41) is 8.88. The van der Waals surface area contributed by atoms with E-state index >= 15 is 0 Å². The fraction of sp³-hybridized carbons (Fsp3) is 0.261. The quantitative estimate of drug-likeness (QED) is 0.203. The number of esters is 2. The third-order valence-electron chi connectivity index (χ3n) is 3.91. The van der Waals surface area contributed by atoms with E-state index in [1.54, 1.807) is 24.3 Å². The molecule has 2 rings (SSSR count). The van der Waals surface area contributed by atoms with Gasteiger partial charge in [-0.25, -0.2) is 14.4 Å². The second-order valence-electron chi connectivity index (χ2n) is 6.19. The van der Waals surface area contributed by atoms with Crippen molar-refractivity contribution < 1.29 is 43.2 Å². The Hall–Kier alpha value is -3.69. The number of hydrogen-bond acceptors (Lipinski definition) is 8. The van der Waals surface area contributed by atoms with E-state index in [-0.39, 0.29) is 24.5 Å². The van der Waals surface area contributed by atoms with Crippen LogP contribution in [0.5, 0.6) is 11.5 Å². The van der Waals surface area contributed by atoms with Gasteiger partial charge in [0, 0.05) is 6.08 Å². The van der Waals surface area contributed by atoms with Gasteiger partial charge in [0.25, 0.3) is 0 Å². The number of benzene rings is 2. The lowest BCUT2D eigenvalue weighted by Crippen LogP contribution is -2.13. The van der Waals surface area contributed by atoms with Crippen LogP contribution in [0, 0.1) is 0 Å². The molecule has 0 bridgehead atoms. The average Bonchev–Trinajstić information content (AvgIpc) is 2.80. The minimum Gasteiger partial charge on any atom is -0.491 e. The van der Waals surface area contributed by atoms with Crippen LogP contribution in [0.4, 0.5) is 0 Å². The number of ether oxygens (including phenoxy) is 5. The van der Waals surface area contributed by atoms with E-state index in [1.807, 2.05) is 0 Å². The number of carboxylic acid groups (broad SMARTS) is 1. The van der Waals surface area contributed by atoms with Crippen LogP contribution in [0.2, 0.25) is 0 Å². The number of carbonyl (C=O) groups excluding carboxylic acids is 2. The molecule has 0 spiro atoms. The maximum Gasteiger partial charge on any atom is 0.343 e. The van der Waals surface area contributed by atoms with Crippen molar-refractivity contribution in [2.75, 3.05) is 39.6 Å². The van der Waals surface area contributed by atoms with E-state index in [1.165, 1.54) is 24.3 Å². The second kappa shape index (κ2) is 13.6. The first-order chi connectivity index (χ1) is 15.5. The van der Waals surface area contributed by atoms with Crippen molar-refractivity contribution in [3.05, 3.63) is 72.3 Å². The van der Waals surface area contributed by atoms with Gasteiger partial charge in [-0.1, -0.05) is 6.58 Å². The van der Waals surface area contributed by atoms with Gasteiger partial charge in [-0.2, -0.15) is 0 Å². The zero-order valence-corrected chi connectivity index (χ0v) is 17.4. The number of aromatic carboxylic acids is 1. The standard InChI is InChI=1S/C23H24O9/c1-2-21(24)31-16-14-29-12-11-28-13-15-30-19-7-5-18(6-8-19)23(27)32-20-9-3-17(4-10-20)22(25)26/h2-10H,1,11-16H2,(H,25,26). The average molecular weight is 444 g/mol. The summed E-state index contributed by atoms with van der Waals surface area (Å²) in [4.78, 5) is 33.8. The first-order valence-corrected chi connectivity index (χ1v) is 9.72. The van der Waals surface area contributed by atoms with Gasteiger partial charge in [0.1, 0.15) is 24.7 Å². The number of carbonyl (C=O) groups is 3. The van der Waals surface area contributed by atoms with Crippen molar-refractivity contribution in [2.24, 2.45) is 0 Å². The number of rotatable bonds is 14. The molecule has 1 N–H and O–H groups in total. The van der Waals surface area contributed by atoms with Crippen molar-refractivity contribution in [3.8, 4) is 11.5 Å². The lowest BCUT2D eigenvalue weighted by atomic mass is 10.2. The van der Waals surface area contributed by atoms with Gasteiger partial charge in [0.2, 0.25) is 0 Å². The van der Waals surface area contributed by atoms with Gasteiger partial charge in [-0.05, 0) is 48.5 Å². The van der Waals surface area contributed by atoms with Crippen molar-refractivity contribution in [3.63, 3.8) is 0 Å². The van der Waals surface area contributed by atoms with Crippen LogP contribution < -0.4 is 9.47 Å². The summed E-state index contributed by atoms with van der Waals surface area (Å²) in [6, 6.07) is 12.0. The minimum absolute atomic E-state index is 0.106. The molecule has 2 aromatic carbocycles. The van der Waals surface area contributed by atoms with Gasteiger partial charge in [0.15, 0.2) is 0 Å². The maximum atomic E-state index is 12.2. The van der Waals surface area contributed by atoms with Crippen molar-refractivity contribution >= 4 is 17.9 Å². The fourth-order valence-electron chi connectivity index (χ4n) is 2.32. The first kappa shape index (κ1) is 24.6. The molecule has 32 heavy (non-hydrogen) atoms. The highest BCUT2D eigenvalue weighted by molar-refractivity contribution is 5.91. The molecule has 0 heterocycles. The van der Waals surface area contributed by atoms with Gasteiger partial charge in [-0.15, -0.1) is 0 Å². The molecule has 0 fully saturated rings. The highest BCUT2D eigenvalue weighted by Crippen LogP contribution is 2.17. The van der Waals surface area contributed by atoms with E-state index < -0.39 is 17.9 Å². The third kappa shape index (κ3) is 8.99. The molecule has 0 amide bonds. The minimum atomic E-state index is -1.05. The van der Waals surface area contributed by atoms with Crippen LogP contribution in [0.25, 0.3) is 0 Å². The maximum absolute atomic E-state index is 12.2. The molecular weight excluding hydrogens is 420 g/mol. The Morgan fingerprint density at radius 2 is 1.28 bits per heavy atom. The lowest BCUT2D eigenvalue weighted by molar-refractivity contribution is -0.139. The summed E-state index contributed by atoms with van der Waals surface area (Å²) in [5.74, 6) is -1.29. The largest absolute Gasteiger partial charge is 0.491 e. The molecule has 0 aliphatic heterocycles. The van der Waals surface area contributed by atoms with Crippen LogP contribution in [-0.2, 0) is 19.0 Å². The van der Waals surface area contributed by atoms with Gasteiger partial charge < -0.3 is 28.8 Å². The smallest absolute Gasteiger partial charge is 0.343 e. The van der Waals surface area contributed by atoms with Gasteiger partial charge in [-0.3, -0.25) is 0 Å². The highest BCUT2D eigenvalue weighted by atomic mass is 16.6. The van der Waals surface area contributed by atoms with Crippen LogP contribution in [0.1, 0.15) is 20.7 Å². The summed E-state index contributed by atoms with van der Waals surface area (Å²) >= 11 is 0. The first-order valence-electron chi connectivity index (χ1n) is 9.72. The Labute approximate surface area is 185 Å².